The highest BCUT2D eigenvalue weighted by Gasteiger charge is 2.16. The summed E-state index contributed by atoms with van der Waals surface area (Å²) >= 11 is 0. The summed E-state index contributed by atoms with van der Waals surface area (Å²) in [6.45, 7) is 0. The fourth-order valence-electron chi connectivity index (χ4n) is 2.13. The molecule has 1 amide bonds. The zero-order chi connectivity index (χ0) is 16.1. The first-order valence-corrected chi connectivity index (χ1v) is 7.03. The average Bonchev–Trinajstić information content (AvgIpc) is 2.63. The van der Waals surface area contributed by atoms with Crippen LogP contribution in [0, 0.1) is 0 Å². The van der Waals surface area contributed by atoms with Crippen molar-refractivity contribution in [2.24, 2.45) is 0 Å². The Morgan fingerprint density at radius 2 is 1.57 bits per heavy atom. The van der Waals surface area contributed by atoms with Crippen molar-refractivity contribution < 1.29 is 9.59 Å². The van der Waals surface area contributed by atoms with Gasteiger partial charge in [-0.25, -0.2) is 0 Å². The van der Waals surface area contributed by atoms with Crippen LogP contribution in [0.3, 0.4) is 0 Å². The smallest absolute Gasteiger partial charge is 0.255 e. The quantitative estimate of drug-likeness (QED) is 0.752. The Labute approximate surface area is 133 Å². The van der Waals surface area contributed by atoms with E-state index in [-0.39, 0.29) is 17.4 Å². The molecule has 0 aliphatic rings. The van der Waals surface area contributed by atoms with Crippen molar-refractivity contribution in [1.29, 1.82) is 0 Å². The molecule has 0 bridgehead atoms. The molecule has 3 aromatic rings. The first-order valence-electron chi connectivity index (χ1n) is 7.03. The Balaban J connectivity index is 1.90. The van der Waals surface area contributed by atoms with E-state index in [0.29, 0.717) is 16.8 Å². The Bertz CT molecular complexity index is 833. The molecular weight excluding hydrogens is 290 g/mol. The highest BCUT2D eigenvalue weighted by atomic mass is 16.2. The van der Waals surface area contributed by atoms with Gasteiger partial charge < -0.3 is 5.32 Å². The van der Waals surface area contributed by atoms with Crippen LogP contribution >= 0.6 is 0 Å². The molecule has 23 heavy (non-hydrogen) atoms. The SMILES string of the molecule is O=C(Nc1ccccc1C(=O)c1cccnn1)c1ccccc1. The molecular formula is C18H13N3O2. The van der Waals surface area contributed by atoms with Crippen molar-refractivity contribution in [3.63, 3.8) is 0 Å². The van der Waals surface area contributed by atoms with Gasteiger partial charge in [0.05, 0.1) is 5.69 Å². The molecule has 5 heteroatoms. The van der Waals surface area contributed by atoms with E-state index < -0.39 is 0 Å². The lowest BCUT2D eigenvalue weighted by Gasteiger charge is -2.10. The van der Waals surface area contributed by atoms with E-state index >= 15 is 0 Å². The molecule has 0 atom stereocenters. The van der Waals surface area contributed by atoms with Crippen molar-refractivity contribution in [2.75, 3.05) is 5.32 Å². The van der Waals surface area contributed by atoms with Gasteiger partial charge in [-0.1, -0.05) is 30.3 Å². The molecule has 0 saturated carbocycles. The van der Waals surface area contributed by atoms with Gasteiger partial charge in [-0.3, -0.25) is 9.59 Å². The van der Waals surface area contributed by atoms with Gasteiger partial charge >= 0.3 is 0 Å². The van der Waals surface area contributed by atoms with E-state index in [1.54, 1.807) is 60.7 Å². The Morgan fingerprint density at radius 3 is 2.30 bits per heavy atom. The van der Waals surface area contributed by atoms with E-state index in [0.717, 1.165) is 0 Å². The number of rotatable bonds is 4. The molecule has 1 aromatic heterocycles. The molecule has 0 unspecified atom stereocenters. The third kappa shape index (κ3) is 3.29. The minimum absolute atomic E-state index is 0.230. The number of anilines is 1. The molecule has 3 rings (SSSR count). The highest BCUT2D eigenvalue weighted by Crippen LogP contribution is 2.19. The molecule has 0 saturated heterocycles. The van der Waals surface area contributed by atoms with E-state index in [9.17, 15) is 9.59 Å². The van der Waals surface area contributed by atoms with Crippen molar-refractivity contribution in [1.82, 2.24) is 10.2 Å². The molecule has 0 spiro atoms. The number of nitrogens with zero attached hydrogens (tertiary/aromatic N) is 2. The number of amides is 1. The van der Waals surface area contributed by atoms with Gasteiger partial charge in [0, 0.05) is 17.3 Å². The van der Waals surface area contributed by atoms with Crippen LogP contribution in [0.15, 0.2) is 72.9 Å². The highest BCUT2D eigenvalue weighted by molar-refractivity contribution is 6.14. The van der Waals surface area contributed by atoms with Crippen LogP contribution in [-0.2, 0) is 0 Å². The molecule has 5 nitrogen and oxygen atoms in total. The maximum Gasteiger partial charge on any atom is 0.255 e. The predicted molar refractivity (Wildman–Crippen MR) is 86.3 cm³/mol. The molecule has 1 heterocycles. The molecule has 0 aliphatic heterocycles. The summed E-state index contributed by atoms with van der Waals surface area (Å²) in [5.41, 5.74) is 1.57. The first-order chi connectivity index (χ1) is 11.3. The van der Waals surface area contributed by atoms with Gasteiger partial charge in [0.1, 0.15) is 5.69 Å². The largest absolute Gasteiger partial charge is 0.321 e. The summed E-state index contributed by atoms with van der Waals surface area (Å²) in [7, 11) is 0. The summed E-state index contributed by atoms with van der Waals surface area (Å²) in [5, 5.41) is 10.3. The molecule has 2 aromatic carbocycles. The lowest BCUT2D eigenvalue weighted by Crippen LogP contribution is -2.15. The van der Waals surface area contributed by atoms with E-state index in [2.05, 4.69) is 15.5 Å². The summed E-state index contributed by atoms with van der Waals surface area (Å²) in [5.74, 6) is -0.563. The van der Waals surface area contributed by atoms with Crippen LogP contribution in [0.5, 0.6) is 0 Å². The molecule has 0 fully saturated rings. The van der Waals surface area contributed by atoms with Crippen LogP contribution in [0.4, 0.5) is 5.69 Å². The Morgan fingerprint density at radius 1 is 0.826 bits per heavy atom. The molecule has 112 valence electrons. The van der Waals surface area contributed by atoms with Gasteiger partial charge in [0.25, 0.3) is 5.91 Å². The fraction of sp³-hybridized carbons (Fsp3) is 0. The van der Waals surface area contributed by atoms with Crippen molar-refractivity contribution >= 4 is 17.4 Å². The fourth-order valence-corrected chi connectivity index (χ4v) is 2.13. The Hall–Kier alpha value is -3.34. The van der Waals surface area contributed by atoms with Crippen molar-refractivity contribution in [2.45, 2.75) is 0 Å². The number of hydrogen-bond acceptors (Lipinski definition) is 4. The van der Waals surface area contributed by atoms with E-state index in [4.69, 9.17) is 0 Å². The maximum atomic E-state index is 12.5. The first kappa shape index (κ1) is 14.6. The number of ketones is 1. The maximum absolute atomic E-state index is 12.5. The van der Waals surface area contributed by atoms with Gasteiger partial charge in [0.15, 0.2) is 0 Å². The van der Waals surface area contributed by atoms with Crippen molar-refractivity contribution in [3.8, 4) is 0 Å². The number of nitrogens with one attached hydrogen (secondary N) is 1. The van der Waals surface area contributed by atoms with E-state index in [1.165, 1.54) is 6.20 Å². The zero-order valence-corrected chi connectivity index (χ0v) is 12.1. The van der Waals surface area contributed by atoms with Crippen LogP contribution < -0.4 is 5.32 Å². The summed E-state index contributed by atoms with van der Waals surface area (Å²) < 4.78 is 0. The number of carbonyl (C=O) groups excluding carboxylic acids is 2. The van der Waals surface area contributed by atoms with Gasteiger partial charge in [-0.2, -0.15) is 5.10 Å². The summed E-state index contributed by atoms with van der Waals surface area (Å²) in [4.78, 5) is 24.8. The molecule has 1 N–H and O–H groups in total. The van der Waals surface area contributed by atoms with Crippen LogP contribution in [0.1, 0.15) is 26.4 Å². The zero-order valence-electron chi connectivity index (χ0n) is 12.1. The number of para-hydroxylation sites is 1. The average molecular weight is 303 g/mol. The Kier molecular flexibility index (Phi) is 4.20. The number of benzene rings is 2. The third-order valence-electron chi connectivity index (χ3n) is 3.26. The molecule has 0 radical (unpaired) electrons. The van der Waals surface area contributed by atoms with Crippen LogP contribution in [-0.4, -0.2) is 21.9 Å². The van der Waals surface area contributed by atoms with Crippen molar-refractivity contribution in [3.05, 3.63) is 89.7 Å². The molecule has 0 aliphatic carbocycles. The normalized spacial score (nSPS) is 10.1. The summed E-state index contributed by atoms with van der Waals surface area (Å²) in [6, 6.07) is 18.9. The monoisotopic (exact) mass is 303 g/mol. The summed E-state index contributed by atoms with van der Waals surface area (Å²) in [6.07, 6.45) is 1.50. The second-order valence-corrected chi connectivity index (χ2v) is 4.80. The van der Waals surface area contributed by atoms with E-state index in [1.807, 2.05) is 6.07 Å². The van der Waals surface area contributed by atoms with Gasteiger partial charge in [-0.05, 0) is 36.4 Å². The van der Waals surface area contributed by atoms with Crippen LogP contribution in [0.25, 0.3) is 0 Å². The second-order valence-electron chi connectivity index (χ2n) is 4.80. The number of carbonyl (C=O) groups is 2. The third-order valence-corrected chi connectivity index (χ3v) is 3.26. The number of aromatic nitrogens is 2. The number of hydrogen-bond donors (Lipinski definition) is 1. The standard InChI is InChI=1S/C18H13N3O2/c22-17(16-11-6-12-19-21-16)14-9-4-5-10-15(14)20-18(23)13-7-2-1-3-8-13/h1-12H,(H,20,23). The van der Waals surface area contributed by atoms with Crippen LogP contribution in [0.2, 0.25) is 0 Å². The van der Waals surface area contributed by atoms with Gasteiger partial charge in [-0.15, -0.1) is 5.10 Å². The topological polar surface area (TPSA) is 72.0 Å². The van der Waals surface area contributed by atoms with Gasteiger partial charge in [0.2, 0.25) is 5.78 Å². The minimum Gasteiger partial charge on any atom is -0.321 e. The second kappa shape index (κ2) is 6.62. The minimum atomic E-state index is -0.290. The predicted octanol–water partition coefficient (Wildman–Crippen LogP) is 2.96. The lowest BCUT2D eigenvalue weighted by molar-refractivity contribution is 0.102. The lowest BCUT2D eigenvalue weighted by atomic mass is 10.1.